The molecular formula is C13H12Cl2O4. The SMILES string of the molecule is CC1(/C(=C/c2cccc(Cl)c2Cl)C(=O)O)OCCO1. The second-order valence-electron chi connectivity index (χ2n) is 4.15. The molecule has 6 heteroatoms. The van der Waals surface area contributed by atoms with E-state index in [1.54, 1.807) is 25.1 Å². The molecule has 102 valence electrons. The quantitative estimate of drug-likeness (QED) is 0.871. The molecule has 0 spiro atoms. The normalized spacial score (nSPS) is 18.6. The number of carboxylic acids is 1. The van der Waals surface area contributed by atoms with Crippen molar-refractivity contribution in [3.05, 3.63) is 39.4 Å². The zero-order valence-electron chi connectivity index (χ0n) is 10.2. The smallest absolute Gasteiger partial charge is 0.337 e. The Hall–Kier alpha value is -1.07. The lowest BCUT2D eigenvalue weighted by atomic mass is 10.0. The van der Waals surface area contributed by atoms with E-state index in [2.05, 4.69) is 0 Å². The molecule has 2 rings (SSSR count). The third-order valence-electron chi connectivity index (χ3n) is 2.84. The average Bonchev–Trinajstić information content (AvgIpc) is 2.78. The first-order chi connectivity index (χ1) is 8.94. The third kappa shape index (κ3) is 2.92. The molecule has 0 bridgehead atoms. The van der Waals surface area contributed by atoms with E-state index in [9.17, 15) is 9.90 Å². The second-order valence-corrected chi connectivity index (χ2v) is 4.93. The van der Waals surface area contributed by atoms with Gasteiger partial charge < -0.3 is 14.6 Å². The van der Waals surface area contributed by atoms with E-state index in [4.69, 9.17) is 32.7 Å². The number of rotatable bonds is 3. The molecule has 1 fully saturated rings. The molecule has 0 amide bonds. The summed E-state index contributed by atoms with van der Waals surface area (Å²) in [4.78, 5) is 11.4. The Morgan fingerprint density at radius 1 is 1.37 bits per heavy atom. The highest BCUT2D eigenvalue weighted by Crippen LogP contribution is 2.32. The van der Waals surface area contributed by atoms with Gasteiger partial charge >= 0.3 is 5.97 Å². The maximum absolute atomic E-state index is 11.4. The summed E-state index contributed by atoms with van der Waals surface area (Å²) in [6.45, 7) is 2.27. The first-order valence-electron chi connectivity index (χ1n) is 5.61. The first kappa shape index (κ1) is 14.3. The van der Waals surface area contributed by atoms with Crippen molar-refractivity contribution in [2.75, 3.05) is 13.2 Å². The summed E-state index contributed by atoms with van der Waals surface area (Å²) >= 11 is 11.9. The highest BCUT2D eigenvalue weighted by Gasteiger charge is 2.39. The summed E-state index contributed by atoms with van der Waals surface area (Å²) in [6.07, 6.45) is 1.42. The standard InChI is InChI=1S/C13H12Cl2O4/c1-13(18-5-6-19-13)9(12(16)17)7-8-3-2-4-10(14)11(8)15/h2-4,7H,5-6H2,1H3,(H,16,17)/b9-7+. The van der Waals surface area contributed by atoms with Crippen LogP contribution in [-0.4, -0.2) is 30.1 Å². The van der Waals surface area contributed by atoms with E-state index >= 15 is 0 Å². The molecule has 1 aliphatic rings. The van der Waals surface area contributed by atoms with Crippen LogP contribution < -0.4 is 0 Å². The van der Waals surface area contributed by atoms with E-state index in [-0.39, 0.29) is 5.57 Å². The third-order valence-corrected chi connectivity index (χ3v) is 3.67. The molecule has 4 nitrogen and oxygen atoms in total. The number of hydrogen-bond acceptors (Lipinski definition) is 3. The number of aliphatic carboxylic acids is 1. The van der Waals surface area contributed by atoms with Crippen molar-refractivity contribution in [3.8, 4) is 0 Å². The predicted octanol–water partition coefficient (Wildman–Crippen LogP) is 3.22. The molecule has 0 aromatic heterocycles. The van der Waals surface area contributed by atoms with E-state index in [0.717, 1.165) is 0 Å². The summed E-state index contributed by atoms with van der Waals surface area (Å²) in [5, 5.41) is 9.97. The van der Waals surface area contributed by atoms with Crippen molar-refractivity contribution in [1.29, 1.82) is 0 Å². The Morgan fingerprint density at radius 2 is 2.00 bits per heavy atom. The fourth-order valence-corrected chi connectivity index (χ4v) is 2.21. The molecule has 1 saturated heterocycles. The number of benzene rings is 1. The lowest BCUT2D eigenvalue weighted by molar-refractivity contribution is -0.147. The van der Waals surface area contributed by atoms with Gasteiger partial charge in [-0.1, -0.05) is 35.3 Å². The van der Waals surface area contributed by atoms with E-state index < -0.39 is 11.8 Å². The van der Waals surface area contributed by atoms with Crippen LogP contribution in [0.1, 0.15) is 12.5 Å². The van der Waals surface area contributed by atoms with Gasteiger partial charge in [-0.15, -0.1) is 0 Å². The highest BCUT2D eigenvalue weighted by atomic mass is 35.5. The lowest BCUT2D eigenvalue weighted by Gasteiger charge is -2.23. The molecule has 1 heterocycles. The molecule has 0 aliphatic carbocycles. The van der Waals surface area contributed by atoms with Crippen LogP contribution in [0.5, 0.6) is 0 Å². The Bertz CT molecular complexity index is 533. The molecule has 1 aromatic rings. The van der Waals surface area contributed by atoms with Gasteiger partial charge in [0, 0.05) is 0 Å². The minimum atomic E-state index is -1.27. The molecule has 1 aliphatic heterocycles. The number of hydrogen-bond donors (Lipinski definition) is 1. The summed E-state index contributed by atoms with van der Waals surface area (Å²) < 4.78 is 10.7. The van der Waals surface area contributed by atoms with Gasteiger partial charge in [-0.05, 0) is 24.6 Å². The van der Waals surface area contributed by atoms with Gasteiger partial charge in [0.2, 0.25) is 0 Å². The summed E-state index contributed by atoms with van der Waals surface area (Å²) in [6, 6.07) is 5.00. The maximum atomic E-state index is 11.4. The topological polar surface area (TPSA) is 55.8 Å². The van der Waals surface area contributed by atoms with Crippen molar-refractivity contribution in [2.45, 2.75) is 12.7 Å². The molecule has 0 atom stereocenters. The van der Waals surface area contributed by atoms with Gasteiger partial charge in [-0.3, -0.25) is 0 Å². The van der Waals surface area contributed by atoms with Crippen molar-refractivity contribution in [1.82, 2.24) is 0 Å². The molecular weight excluding hydrogens is 291 g/mol. The van der Waals surface area contributed by atoms with Gasteiger partial charge in [0.25, 0.3) is 0 Å². The molecule has 0 unspecified atom stereocenters. The van der Waals surface area contributed by atoms with Crippen LogP contribution >= 0.6 is 23.2 Å². The Balaban J connectivity index is 2.47. The van der Waals surface area contributed by atoms with E-state index in [0.29, 0.717) is 28.8 Å². The van der Waals surface area contributed by atoms with Crippen molar-refractivity contribution in [2.24, 2.45) is 0 Å². The van der Waals surface area contributed by atoms with Crippen LogP contribution in [0.3, 0.4) is 0 Å². The van der Waals surface area contributed by atoms with Crippen LogP contribution in [0.2, 0.25) is 10.0 Å². The first-order valence-corrected chi connectivity index (χ1v) is 6.37. The number of ether oxygens (including phenoxy) is 2. The van der Waals surface area contributed by atoms with E-state index in [1.807, 2.05) is 0 Å². The van der Waals surface area contributed by atoms with Crippen LogP contribution in [0, 0.1) is 0 Å². The van der Waals surface area contributed by atoms with Gasteiger partial charge in [0.15, 0.2) is 5.79 Å². The minimum absolute atomic E-state index is 0.0193. The molecule has 19 heavy (non-hydrogen) atoms. The summed E-state index contributed by atoms with van der Waals surface area (Å²) in [5.41, 5.74) is 0.487. The fourth-order valence-electron chi connectivity index (χ4n) is 1.84. The molecule has 0 saturated carbocycles. The predicted molar refractivity (Wildman–Crippen MR) is 72.4 cm³/mol. The van der Waals surface area contributed by atoms with Crippen LogP contribution in [0.25, 0.3) is 6.08 Å². The van der Waals surface area contributed by atoms with Crippen LogP contribution in [0.4, 0.5) is 0 Å². The molecule has 1 N–H and O–H groups in total. The van der Waals surface area contributed by atoms with E-state index in [1.165, 1.54) is 6.08 Å². The minimum Gasteiger partial charge on any atom is -0.478 e. The van der Waals surface area contributed by atoms with Crippen LogP contribution in [-0.2, 0) is 14.3 Å². The largest absolute Gasteiger partial charge is 0.478 e. The zero-order chi connectivity index (χ0) is 14.0. The lowest BCUT2D eigenvalue weighted by Crippen LogP contribution is -2.32. The Morgan fingerprint density at radius 3 is 2.58 bits per heavy atom. The zero-order valence-corrected chi connectivity index (χ0v) is 11.7. The molecule has 0 radical (unpaired) electrons. The molecule has 1 aromatic carbocycles. The van der Waals surface area contributed by atoms with Crippen LogP contribution in [0.15, 0.2) is 23.8 Å². The summed E-state index contributed by atoms with van der Waals surface area (Å²) in [7, 11) is 0. The van der Waals surface area contributed by atoms with Gasteiger partial charge in [-0.25, -0.2) is 4.79 Å². The number of carboxylic acid groups (broad SMARTS) is 1. The number of carbonyl (C=O) groups is 1. The van der Waals surface area contributed by atoms with Crippen molar-refractivity contribution >= 4 is 35.2 Å². The van der Waals surface area contributed by atoms with Crippen molar-refractivity contribution in [3.63, 3.8) is 0 Å². The second kappa shape index (κ2) is 5.51. The number of halogens is 2. The highest BCUT2D eigenvalue weighted by molar-refractivity contribution is 6.42. The van der Waals surface area contributed by atoms with Crippen molar-refractivity contribution < 1.29 is 19.4 Å². The van der Waals surface area contributed by atoms with Gasteiger partial charge in [0.1, 0.15) is 0 Å². The maximum Gasteiger partial charge on any atom is 0.337 e. The summed E-state index contributed by atoms with van der Waals surface area (Å²) in [5.74, 6) is -2.39. The van der Waals surface area contributed by atoms with Gasteiger partial charge in [-0.2, -0.15) is 0 Å². The Kier molecular flexibility index (Phi) is 4.16. The van der Waals surface area contributed by atoms with Gasteiger partial charge in [0.05, 0.1) is 28.8 Å². The fraction of sp³-hybridized carbons (Fsp3) is 0.308. The average molecular weight is 303 g/mol. The Labute approximate surface area is 120 Å². The monoisotopic (exact) mass is 302 g/mol.